The maximum atomic E-state index is 12.8. The molecular formula is C22H26N2O6S. The lowest BCUT2D eigenvalue weighted by atomic mass is 10.1. The van der Waals surface area contributed by atoms with Crippen molar-refractivity contribution < 1.29 is 23.8 Å². The third-order valence-electron chi connectivity index (χ3n) is 5.73. The summed E-state index contributed by atoms with van der Waals surface area (Å²) in [6, 6.07) is 3.36. The zero-order chi connectivity index (χ0) is 21.8. The van der Waals surface area contributed by atoms with Crippen LogP contribution >= 0.6 is 11.3 Å². The summed E-state index contributed by atoms with van der Waals surface area (Å²) in [5.74, 6) is -0.365. The third kappa shape index (κ3) is 4.67. The maximum absolute atomic E-state index is 12.8. The van der Waals surface area contributed by atoms with Crippen LogP contribution in [0.2, 0.25) is 0 Å². The molecule has 0 aliphatic carbocycles. The molecule has 2 aromatic heterocycles. The van der Waals surface area contributed by atoms with Crippen molar-refractivity contribution in [3.8, 4) is 5.75 Å². The highest BCUT2D eigenvalue weighted by atomic mass is 32.1. The van der Waals surface area contributed by atoms with Crippen molar-refractivity contribution in [3.05, 3.63) is 50.1 Å². The van der Waals surface area contributed by atoms with E-state index in [1.807, 2.05) is 16.8 Å². The van der Waals surface area contributed by atoms with Crippen molar-refractivity contribution in [2.45, 2.75) is 38.3 Å². The van der Waals surface area contributed by atoms with Crippen LogP contribution in [0.5, 0.6) is 5.75 Å². The van der Waals surface area contributed by atoms with E-state index in [1.165, 1.54) is 13.2 Å². The van der Waals surface area contributed by atoms with E-state index < -0.39 is 12.1 Å². The van der Waals surface area contributed by atoms with Gasteiger partial charge in [-0.05, 0) is 35.2 Å². The van der Waals surface area contributed by atoms with Crippen molar-refractivity contribution in [2.75, 3.05) is 33.4 Å². The van der Waals surface area contributed by atoms with Crippen molar-refractivity contribution in [1.29, 1.82) is 0 Å². The molecule has 0 aromatic carbocycles. The lowest BCUT2D eigenvalue weighted by Gasteiger charge is -2.23. The van der Waals surface area contributed by atoms with Gasteiger partial charge >= 0.3 is 5.97 Å². The second-order valence-electron chi connectivity index (χ2n) is 7.62. The predicted molar refractivity (Wildman–Crippen MR) is 115 cm³/mol. The molecule has 0 spiro atoms. The highest BCUT2D eigenvalue weighted by molar-refractivity contribution is 7.07. The summed E-state index contributed by atoms with van der Waals surface area (Å²) < 4.78 is 18.0. The molecule has 0 radical (unpaired) electrons. The Balaban J connectivity index is 1.57. The van der Waals surface area contributed by atoms with Gasteiger partial charge in [-0.1, -0.05) is 0 Å². The van der Waals surface area contributed by atoms with Gasteiger partial charge in [0.2, 0.25) is 0 Å². The van der Waals surface area contributed by atoms with Crippen LogP contribution in [0.3, 0.4) is 0 Å². The molecule has 4 heterocycles. The van der Waals surface area contributed by atoms with Crippen molar-refractivity contribution in [1.82, 2.24) is 9.47 Å². The molecule has 1 fully saturated rings. The monoisotopic (exact) mass is 446 g/mol. The van der Waals surface area contributed by atoms with Gasteiger partial charge in [-0.3, -0.25) is 9.59 Å². The Morgan fingerprint density at radius 2 is 2.16 bits per heavy atom. The van der Waals surface area contributed by atoms with E-state index in [-0.39, 0.29) is 22.8 Å². The molecule has 1 amide bonds. The molecule has 0 N–H and O–H groups in total. The second-order valence-corrected chi connectivity index (χ2v) is 8.40. The standard InChI is InChI=1S/C22H26N2O6S/c1-28-22(27)20-16-4-7-23(21(26)17-3-2-10-29-17)8-9-24(16)19(25)13-18(20)30-11-5-15-6-12-31-14-15/h6,12-14,17H,2-5,7-11H2,1H3. The third-order valence-corrected chi connectivity index (χ3v) is 6.46. The Hall–Kier alpha value is -2.65. The van der Waals surface area contributed by atoms with Gasteiger partial charge in [0.25, 0.3) is 11.5 Å². The fraction of sp³-hybridized carbons (Fsp3) is 0.500. The molecule has 31 heavy (non-hydrogen) atoms. The van der Waals surface area contributed by atoms with Crippen molar-refractivity contribution in [2.24, 2.45) is 0 Å². The SMILES string of the molecule is COC(=O)c1c(OCCc2ccsc2)cc(=O)n2c1CCN(C(=O)C1CCCO1)CC2. The van der Waals surface area contributed by atoms with E-state index in [0.29, 0.717) is 51.4 Å². The van der Waals surface area contributed by atoms with Crippen LogP contribution in [0.4, 0.5) is 0 Å². The molecule has 4 rings (SSSR count). The number of thiophene rings is 1. The van der Waals surface area contributed by atoms with Crippen molar-refractivity contribution >= 4 is 23.2 Å². The van der Waals surface area contributed by atoms with E-state index in [4.69, 9.17) is 14.2 Å². The van der Waals surface area contributed by atoms with Crippen LogP contribution < -0.4 is 10.3 Å². The van der Waals surface area contributed by atoms with Gasteiger partial charge < -0.3 is 23.7 Å². The number of carbonyl (C=O) groups excluding carboxylic acids is 2. The summed E-state index contributed by atoms with van der Waals surface area (Å²) >= 11 is 1.61. The zero-order valence-electron chi connectivity index (χ0n) is 17.5. The molecule has 166 valence electrons. The Bertz CT molecular complexity index is 994. The predicted octanol–water partition coefficient (Wildman–Crippen LogP) is 1.88. The Morgan fingerprint density at radius 3 is 2.87 bits per heavy atom. The smallest absolute Gasteiger partial charge is 0.343 e. The van der Waals surface area contributed by atoms with Gasteiger partial charge in [0.15, 0.2) is 0 Å². The van der Waals surface area contributed by atoms with E-state index in [9.17, 15) is 14.4 Å². The van der Waals surface area contributed by atoms with Gasteiger partial charge in [-0.2, -0.15) is 11.3 Å². The first-order chi connectivity index (χ1) is 15.1. The number of fused-ring (bicyclic) bond motifs is 1. The van der Waals surface area contributed by atoms with E-state index >= 15 is 0 Å². The summed E-state index contributed by atoms with van der Waals surface area (Å²) in [7, 11) is 1.31. The molecule has 1 atom stereocenters. The first-order valence-electron chi connectivity index (χ1n) is 10.5. The number of rotatable bonds is 6. The summed E-state index contributed by atoms with van der Waals surface area (Å²) in [5, 5.41) is 4.03. The Labute approximate surface area is 184 Å². The first kappa shape index (κ1) is 21.6. The molecule has 0 saturated carbocycles. The number of aromatic nitrogens is 1. The van der Waals surface area contributed by atoms with Gasteiger partial charge in [0.1, 0.15) is 17.4 Å². The summed E-state index contributed by atoms with van der Waals surface area (Å²) in [4.78, 5) is 40.0. The Kier molecular flexibility index (Phi) is 6.72. The summed E-state index contributed by atoms with van der Waals surface area (Å²) in [6.07, 6.45) is 2.22. The summed E-state index contributed by atoms with van der Waals surface area (Å²) in [6.45, 7) is 2.05. The Morgan fingerprint density at radius 1 is 1.29 bits per heavy atom. The van der Waals surface area contributed by atoms with Crippen LogP contribution in [0.15, 0.2) is 27.7 Å². The molecule has 8 nitrogen and oxygen atoms in total. The lowest BCUT2D eigenvalue weighted by Crippen LogP contribution is -2.40. The quantitative estimate of drug-likeness (QED) is 0.630. The molecule has 0 bridgehead atoms. The van der Waals surface area contributed by atoms with Gasteiger partial charge in [0, 0.05) is 50.8 Å². The average molecular weight is 447 g/mol. The average Bonchev–Trinajstić information content (AvgIpc) is 3.44. The fourth-order valence-electron chi connectivity index (χ4n) is 4.10. The number of methoxy groups -OCH3 is 1. The van der Waals surface area contributed by atoms with Crippen molar-refractivity contribution in [3.63, 3.8) is 0 Å². The minimum Gasteiger partial charge on any atom is -0.492 e. The van der Waals surface area contributed by atoms with Gasteiger partial charge in [-0.15, -0.1) is 0 Å². The molecule has 1 saturated heterocycles. The van der Waals surface area contributed by atoms with Crippen LogP contribution in [0.25, 0.3) is 0 Å². The number of esters is 1. The zero-order valence-corrected chi connectivity index (χ0v) is 18.3. The van der Waals surface area contributed by atoms with E-state index in [0.717, 1.165) is 18.4 Å². The number of pyridine rings is 1. The summed E-state index contributed by atoms with van der Waals surface area (Å²) in [5.41, 5.74) is 1.70. The van der Waals surface area contributed by atoms with Gasteiger partial charge in [0.05, 0.1) is 13.7 Å². The number of ether oxygens (including phenoxy) is 3. The maximum Gasteiger partial charge on any atom is 0.343 e. The molecule has 2 aliphatic rings. The minimum absolute atomic E-state index is 0.0507. The first-order valence-corrected chi connectivity index (χ1v) is 11.4. The number of amides is 1. The van der Waals surface area contributed by atoms with E-state index in [2.05, 4.69) is 0 Å². The molecular weight excluding hydrogens is 420 g/mol. The fourth-order valence-corrected chi connectivity index (χ4v) is 4.80. The van der Waals surface area contributed by atoms with Crippen LogP contribution in [0.1, 0.15) is 34.5 Å². The topological polar surface area (TPSA) is 87.1 Å². The normalized spacial score (nSPS) is 18.4. The van der Waals surface area contributed by atoms with Crippen LogP contribution in [-0.4, -0.2) is 60.9 Å². The molecule has 9 heteroatoms. The largest absolute Gasteiger partial charge is 0.492 e. The number of hydrogen-bond acceptors (Lipinski definition) is 7. The molecule has 2 aliphatic heterocycles. The lowest BCUT2D eigenvalue weighted by molar-refractivity contribution is -0.140. The highest BCUT2D eigenvalue weighted by Crippen LogP contribution is 2.25. The van der Waals surface area contributed by atoms with Gasteiger partial charge in [-0.25, -0.2) is 4.79 Å². The van der Waals surface area contributed by atoms with Crippen LogP contribution in [-0.2, 0) is 33.7 Å². The number of carbonyl (C=O) groups is 2. The highest BCUT2D eigenvalue weighted by Gasteiger charge is 2.31. The van der Waals surface area contributed by atoms with E-state index in [1.54, 1.807) is 20.8 Å². The second kappa shape index (κ2) is 9.65. The number of nitrogens with zero attached hydrogens (tertiary/aromatic N) is 2. The number of hydrogen-bond donors (Lipinski definition) is 0. The molecule has 1 unspecified atom stereocenters. The minimum atomic E-state index is -0.548. The van der Waals surface area contributed by atoms with Crippen LogP contribution in [0, 0.1) is 0 Å². The molecule has 2 aromatic rings.